The van der Waals surface area contributed by atoms with Gasteiger partial charge in [0.25, 0.3) is 0 Å². The number of pyridine rings is 1. The first kappa shape index (κ1) is 13.8. The third-order valence-corrected chi connectivity index (χ3v) is 3.31. The highest BCUT2D eigenvalue weighted by Gasteiger charge is 2.15. The molecule has 0 atom stereocenters. The van der Waals surface area contributed by atoms with Gasteiger partial charge in [0.2, 0.25) is 5.95 Å². The molecule has 3 nitrogen and oxygen atoms in total. The smallest absolute Gasteiger partial charge is 0.307 e. The van der Waals surface area contributed by atoms with Gasteiger partial charge in [-0.25, -0.2) is 4.98 Å². The summed E-state index contributed by atoms with van der Waals surface area (Å²) >= 11 is 11.9. The highest BCUT2D eigenvalue weighted by Crippen LogP contribution is 2.34. The molecule has 1 aromatic heterocycles. The summed E-state index contributed by atoms with van der Waals surface area (Å²) in [5.41, 5.74) is 0.970. The van der Waals surface area contributed by atoms with Crippen molar-refractivity contribution in [2.45, 2.75) is 6.42 Å². The summed E-state index contributed by atoms with van der Waals surface area (Å²) in [6.07, 6.45) is -0.272. The molecule has 0 saturated carbocycles. The Morgan fingerprint density at radius 3 is 2.68 bits per heavy atom. The Hall–Kier alpha value is -1.65. The van der Waals surface area contributed by atoms with E-state index in [1.54, 1.807) is 18.2 Å². The second kappa shape index (κ2) is 5.55. The lowest BCUT2D eigenvalue weighted by atomic mass is 10.0. The van der Waals surface area contributed by atoms with Gasteiger partial charge in [-0.15, -0.1) is 0 Å². The third-order valence-electron chi connectivity index (χ3n) is 2.49. The molecule has 0 radical (unpaired) electrons. The maximum atomic E-state index is 13.3. The summed E-state index contributed by atoms with van der Waals surface area (Å²) in [6, 6.07) is 7.33. The molecule has 1 aromatic carbocycles. The summed E-state index contributed by atoms with van der Waals surface area (Å²) in [5, 5.41) is 9.37. The summed E-state index contributed by atoms with van der Waals surface area (Å²) in [6.45, 7) is 0. The van der Waals surface area contributed by atoms with Gasteiger partial charge in [-0.2, -0.15) is 4.39 Å². The van der Waals surface area contributed by atoms with E-state index >= 15 is 0 Å². The van der Waals surface area contributed by atoms with Gasteiger partial charge >= 0.3 is 5.97 Å². The van der Waals surface area contributed by atoms with Crippen molar-refractivity contribution in [1.82, 2.24) is 4.98 Å². The standard InChI is InChI=1S/C13H8Cl2FNO2/c14-9-3-1-2-8(12(9)15)13-7(6-11(18)19)4-5-10(16)17-13/h1-5H,6H2,(H,18,19). The Labute approximate surface area is 118 Å². The van der Waals surface area contributed by atoms with E-state index in [2.05, 4.69) is 4.98 Å². The summed E-state index contributed by atoms with van der Waals surface area (Å²) in [5.74, 6) is -1.74. The molecule has 0 amide bonds. The van der Waals surface area contributed by atoms with Crippen LogP contribution in [0.3, 0.4) is 0 Å². The average molecular weight is 300 g/mol. The zero-order valence-corrected chi connectivity index (χ0v) is 11.0. The first-order chi connectivity index (χ1) is 8.99. The highest BCUT2D eigenvalue weighted by atomic mass is 35.5. The zero-order chi connectivity index (χ0) is 14.0. The van der Waals surface area contributed by atoms with Crippen LogP contribution in [0.2, 0.25) is 10.0 Å². The van der Waals surface area contributed by atoms with Crippen LogP contribution in [-0.2, 0) is 11.2 Å². The molecule has 0 aliphatic heterocycles. The van der Waals surface area contributed by atoms with Gasteiger partial charge in [-0.3, -0.25) is 4.79 Å². The van der Waals surface area contributed by atoms with E-state index in [1.807, 2.05) is 0 Å². The molecule has 98 valence electrons. The average Bonchev–Trinajstić information content (AvgIpc) is 2.35. The normalized spacial score (nSPS) is 10.5. The van der Waals surface area contributed by atoms with E-state index in [1.165, 1.54) is 6.07 Å². The maximum absolute atomic E-state index is 13.3. The van der Waals surface area contributed by atoms with Crippen LogP contribution in [0.4, 0.5) is 4.39 Å². The van der Waals surface area contributed by atoms with Crippen molar-refractivity contribution in [3.8, 4) is 11.3 Å². The van der Waals surface area contributed by atoms with Gasteiger partial charge in [0.05, 0.1) is 22.2 Å². The number of carbonyl (C=O) groups is 1. The van der Waals surface area contributed by atoms with Crippen molar-refractivity contribution in [2.24, 2.45) is 0 Å². The number of halogens is 3. The lowest BCUT2D eigenvalue weighted by Crippen LogP contribution is -2.04. The lowest BCUT2D eigenvalue weighted by molar-refractivity contribution is -0.136. The zero-order valence-electron chi connectivity index (χ0n) is 9.53. The minimum atomic E-state index is -1.03. The van der Waals surface area contributed by atoms with Crippen LogP contribution in [0.1, 0.15) is 5.56 Å². The number of carboxylic acid groups (broad SMARTS) is 1. The van der Waals surface area contributed by atoms with Crippen molar-refractivity contribution in [3.05, 3.63) is 51.9 Å². The maximum Gasteiger partial charge on any atom is 0.307 e. The number of hydrogen-bond acceptors (Lipinski definition) is 2. The quantitative estimate of drug-likeness (QED) is 0.877. The van der Waals surface area contributed by atoms with Crippen molar-refractivity contribution in [1.29, 1.82) is 0 Å². The number of nitrogens with zero attached hydrogens (tertiary/aromatic N) is 1. The molecule has 0 bridgehead atoms. The van der Waals surface area contributed by atoms with Gasteiger partial charge in [0.1, 0.15) is 0 Å². The van der Waals surface area contributed by atoms with E-state index in [9.17, 15) is 9.18 Å². The first-order valence-corrected chi connectivity index (χ1v) is 6.06. The molecule has 0 saturated heterocycles. The molecule has 0 aliphatic carbocycles. The minimum absolute atomic E-state index is 0.190. The Bertz CT molecular complexity index is 647. The topological polar surface area (TPSA) is 50.2 Å². The summed E-state index contributed by atoms with van der Waals surface area (Å²) in [7, 11) is 0. The largest absolute Gasteiger partial charge is 0.481 e. The van der Waals surface area contributed by atoms with Crippen LogP contribution < -0.4 is 0 Å². The minimum Gasteiger partial charge on any atom is -0.481 e. The van der Waals surface area contributed by atoms with Gasteiger partial charge in [0, 0.05) is 5.56 Å². The van der Waals surface area contributed by atoms with Crippen LogP contribution in [0.5, 0.6) is 0 Å². The predicted octanol–water partition coefficient (Wildman–Crippen LogP) is 3.82. The van der Waals surface area contributed by atoms with Crippen LogP contribution in [0.25, 0.3) is 11.3 Å². The number of rotatable bonds is 3. The Morgan fingerprint density at radius 1 is 1.26 bits per heavy atom. The number of carboxylic acids is 1. The summed E-state index contributed by atoms with van der Waals surface area (Å²) in [4.78, 5) is 14.5. The molecule has 19 heavy (non-hydrogen) atoms. The Morgan fingerprint density at radius 2 is 2.00 bits per heavy atom. The van der Waals surface area contributed by atoms with Gasteiger partial charge in [0.15, 0.2) is 0 Å². The fourth-order valence-corrected chi connectivity index (χ4v) is 2.08. The molecule has 0 aliphatic rings. The Balaban J connectivity index is 2.62. The van der Waals surface area contributed by atoms with Crippen molar-refractivity contribution < 1.29 is 14.3 Å². The fourth-order valence-electron chi connectivity index (χ4n) is 1.69. The van der Waals surface area contributed by atoms with Crippen LogP contribution in [0, 0.1) is 5.95 Å². The predicted molar refractivity (Wildman–Crippen MR) is 71.0 cm³/mol. The number of aromatic nitrogens is 1. The molecule has 0 spiro atoms. The van der Waals surface area contributed by atoms with Crippen LogP contribution >= 0.6 is 23.2 Å². The van der Waals surface area contributed by atoms with Crippen LogP contribution in [0.15, 0.2) is 30.3 Å². The van der Waals surface area contributed by atoms with Gasteiger partial charge in [-0.1, -0.05) is 41.4 Å². The molecular weight excluding hydrogens is 292 g/mol. The second-order valence-corrected chi connectivity index (χ2v) is 4.60. The third kappa shape index (κ3) is 3.03. The molecule has 6 heteroatoms. The van der Waals surface area contributed by atoms with Crippen molar-refractivity contribution in [2.75, 3.05) is 0 Å². The molecular formula is C13H8Cl2FNO2. The molecule has 2 aromatic rings. The van der Waals surface area contributed by atoms with E-state index in [-0.39, 0.29) is 17.1 Å². The van der Waals surface area contributed by atoms with Crippen molar-refractivity contribution >= 4 is 29.2 Å². The highest BCUT2D eigenvalue weighted by molar-refractivity contribution is 6.43. The van der Waals surface area contributed by atoms with E-state index in [0.717, 1.165) is 6.07 Å². The summed E-state index contributed by atoms with van der Waals surface area (Å²) < 4.78 is 13.3. The second-order valence-electron chi connectivity index (χ2n) is 3.81. The lowest BCUT2D eigenvalue weighted by Gasteiger charge is -2.09. The molecule has 1 N–H and O–H groups in total. The first-order valence-electron chi connectivity index (χ1n) is 5.30. The SMILES string of the molecule is O=C(O)Cc1ccc(F)nc1-c1cccc(Cl)c1Cl. The van der Waals surface area contributed by atoms with E-state index in [0.29, 0.717) is 16.1 Å². The van der Waals surface area contributed by atoms with Crippen molar-refractivity contribution in [3.63, 3.8) is 0 Å². The van der Waals surface area contributed by atoms with Crippen LogP contribution in [-0.4, -0.2) is 16.1 Å². The number of hydrogen-bond donors (Lipinski definition) is 1. The molecule has 1 heterocycles. The fraction of sp³-hybridized carbons (Fsp3) is 0.0769. The molecule has 2 rings (SSSR count). The van der Waals surface area contributed by atoms with Gasteiger partial charge < -0.3 is 5.11 Å². The molecule has 0 fully saturated rings. The number of benzene rings is 1. The monoisotopic (exact) mass is 299 g/mol. The van der Waals surface area contributed by atoms with Gasteiger partial charge in [-0.05, 0) is 17.7 Å². The number of aliphatic carboxylic acids is 1. The van der Waals surface area contributed by atoms with E-state index < -0.39 is 11.9 Å². The Kier molecular flexibility index (Phi) is 4.02. The molecule has 0 unspecified atom stereocenters. The van der Waals surface area contributed by atoms with E-state index in [4.69, 9.17) is 28.3 Å².